The fourth-order valence-corrected chi connectivity index (χ4v) is 1.62. The Balaban J connectivity index is 2.44. The van der Waals surface area contributed by atoms with Gasteiger partial charge >= 0.3 is 0 Å². The molecule has 1 amide bonds. The van der Waals surface area contributed by atoms with Crippen molar-refractivity contribution in [1.82, 2.24) is 10.3 Å². The molecule has 0 aliphatic rings. The van der Waals surface area contributed by atoms with Gasteiger partial charge in [0.15, 0.2) is 0 Å². The van der Waals surface area contributed by atoms with Crippen LogP contribution in [0.1, 0.15) is 22.8 Å². The highest BCUT2D eigenvalue weighted by atomic mass is 16.1. The molecule has 1 aromatic heterocycles. The van der Waals surface area contributed by atoms with E-state index in [0.29, 0.717) is 12.1 Å². The fraction of sp³-hybridized carbons (Fsp3) is 0.231. The van der Waals surface area contributed by atoms with Gasteiger partial charge < -0.3 is 5.32 Å². The predicted octanol–water partition coefficient (Wildman–Crippen LogP) is 2.29. The van der Waals surface area contributed by atoms with Crippen LogP contribution < -0.4 is 5.32 Å². The molecule has 0 spiro atoms. The van der Waals surface area contributed by atoms with Gasteiger partial charge in [-0.3, -0.25) is 9.78 Å². The molecule has 82 valence electrons. The van der Waals surface area contributed by atoms with E-state index in [4.69, 9.17) is 0 Å². The molecule has 2 aromatic rings. The molecule has 1 N–H and O–H groups in total. The lowest BCUT2D eigenvalue weighted by Crippen LogP contribution is -2.22. The number of aromatic nitrogens is 1. The Kier molecular flexibility index (Phi) is 2.86. The SMILES string of the molecule is CCNC(=O)c1cnc2cc(C)ccc2c1. The summed E-state index contributed by atoms with van der Waals surface area (Å²) in [6.45, 7) is 4.55. The molecule has 0 bridgehead atoms. The molecule has 0 fully saturated rings. The molecular formula is C13H14N2O. The Morgan fingerprint density at radius 1 is 1.38 bits per heavy atom. The number of hydrogen-bond acceptors (Lipinski definition) is 2. The van der Waals surface area contributed by atoms with E-state index in [0.717, 1.165) is 10.9 Å². The van der Waals surface area contributed by atoms with Gasteiger partial charge in [0.2, 0.25) is 0 Å². The van der Waals surface area contributed by atoms with E-state index in [9.17, 15) is 4.79 Å². The van der Waals surface area contributed by atoms with E-state index in [1.54, 1.807) is 6.20 Å². The number of rotatable bonds is 2. The lowest BCUT2D eigenvalue weighted by atomic mass is 10.1. The molecular weight excluding hydrogens is 200 g/mol. The second-order valence-electron chi connectivity index (χ2n) is 3.78. The number of aryl methyl sites for hydroxylation is 1. The zero-order chi connectivity index (χ0) is 11.5. The number of nitrogens with one attached hydrogen (secondary N) is 1. The number of nitrogens with zero attached hydrogens (tertiary/aromatic N) is 1. The number of carbonyl (C=O) groups is 1. The van der Waals surface area contributed by atoms with Crippen LogP contribution in [0.3, 0.4) is 0 Å². The average Bonchev–Trinajstić information content (AvgIpc) is 2.28. The van der Waals surface area contributed by atoms with Crippen molar-refractivity contribution in [3.05, 3.63) is 41.6 Å². The lowest BCUT2D eigenvalue weighted by molar-refractivity contribution is 0.0955. The first kappa shape index (κ1) is 10.6. The summed E-state index contributed by atoms with van der Waals surface area (Å²) < 4.78 is 0. The third-order valence-corrected chi connectivity index (χ3v) is 2.44. The van der Waals surface area contributed by atoms with Crippen molar-refractivity contribution in [3.8, 4) is 0 Å². The van der Waals surface area contributed by atoms with Gasteiger partial charge in [0.1, 0.15) is 0 Å². The zero-order valence-electron chi connectivity index (χ0n) is 9.45. The van der Waals surface area contributed by atoms with Gasteiger partial charge in [0.25, 0.3) is 5.91 Å². The van der Waals surface area contributed by atoms with Gasteiger partial charge in [-0.1, -0.05) is 12.1 Å². The number of benzene rings is 1. The largest absolute Gasteiger partial charge is 0.352 e. The van der Waals surface area contributed by atoms with Crippen molar-refractivity contribution < 1.29 is 4.79 Å². The first-order chi connectivity index (χ1) is 7.70. The molecule has 0 saturated heterocycles. The monoisotopic (exact) mass is 214 g/mol. The van der Waals surface area contributed by atoms with E-state index in [-0.39, 0.29) is 5.91 Å². The van der Waals surface area contributed by atoms with Crippen LogP contribution in [-0.2, 0) is 0 Å². The first-order valence-corrected chi connectivity index (χ1v) is 5.35. The van der Waals surface area contributed by atoms with Gasteiger partial charge in [0.05, 0.1) is 11.1 Å². The minimum Gasteiger partial charge on any atom is -0.352 e. The van der Waals surface area contributed by atoms with Crippen molar-refractivity contribution in [1.29, 1.82) is 0 Å². The molecule has 3 nitrogen and oxygen atoms in total. The Morgan fingerprint density at radius 3 is 2.94 bits per heavy atom. The highest BCUT2D eigenvalue weighted by molar-refractivity contribution is 5.97. The summed E-state index contributed by atoms with van der Waals surface area (Å²) in [6.07, 6.45) is 1.62. The summed E-state index contributed by atoms with van der Waals surface area (Å²) in [6, 6.07) is 7.88. The van der Waals surface area contributed by atoms with Gasteiger partial charge in [0, 0.05) is 18.1 Å². The summed E-state index contributed by atoms with van der Waals surface area (Å²) in [5.41, 5.74) is 2.71. The van der Waals surface area contributed by atoms with Crippen molar-refractivity contribution in [2.75, 3.05) is 6.54 Å². The minimum atomic E-state index is -0.0718. The molecule has 0 aliphatic carbocycles. The summed E-state index contributed by atoms with van der Waals surface area (Å²) >= 11 is 0. The smallest absolute Gasteiger partial charge is 0.252 e. The Labute approximate surface area is 94.5 Å². The highest BCUT2D eigenvalue weighted by Gasteiger charge is 2.05. The van der Waals surface area contributed by atoms with Gasteiger partial charge in [-0.2, -0.15) is 0 Å². The van der Waals surface area contributed by atoms with Crippen molar-refractivity contribution >= 4 is 16.8 Å². The average molecular weight is 214 g/mol. The van der Waals surface area contributed by atoms with Crippen LogP contribution in [0.4, 0.5) is 0 Å². The van der Waals surface area contributed by atoms with Crippen LogP contribution in [-0.4, -0.2) is 17.4 Å². The molecule has 1 aromatic carbocycles. The van der Waals surface area contributed by atoms with Gasteiger partial charge in [-0.25, -0.2) is 0 Å². The third kappa shape index (κ3) is 2.03. The van der Waals surface area contributed by atoms with Crippen LogP contribution in [0.15, 0.2) is 30.5 Å². The fourth-order valence-electron chi connectivity index (χ4n) is 1.62. The van der Waals surface area contributed by atoms with Gasteiger partial charge in [-0.15, -0.1) is 0 Å². The number of fused-ring (bicyclic) bond motifs is 1. The van der Waals surface area contributed by atoms with Crippen LogP contribution in [0.2, 0.25) is 0 Å². The van der Waals surface area contributed by atoms with E-state index in [1.165, 1.54) is 5.56 Å². The van der Waals surface area contributed by atoms with Gasteiger partial charge in [-0.05, 0) is 31.5 Å². The van der Waals surface area contributed by atoms with Crippen molar-refractivity contribution in [2.24, 2.45) is 0 Å². The topological polar surface area (TPSA) is 42.0 Å². The number of amides is 1. The van der Waals surface area contributed by atoms with Crippen molar-refractivity contribution in [3.63, 3.8) is 0 Å². The predicted molar refractivity (Wildman–Crippen MR) is 64.5 cm³/mol. The maximum absolute atomic E-state index is 11.6. The summed E-state index contributed by atoms with van der Waals surface area (Å²) in [5.74, 6) is -0.0718. The second kappa shape index (κ2) is 4.31. The normalized spacial score (nSPS) is 10.4. The third-order valence-electron chi connectivity index (χ3n) is 2.44. The molecule has 0 saturated carbocycles. The standard InChI is InChI=1S/C13H14N2O/c1-3-14-13(16)11-7-10-5-4-9(2)6-12(10)15-8-11/h4-8H,3H2,1-2H3,(H,14,16). The first-order valence-electron chi connectivity index (χ1n) is 5.35. The maximum atomic E-state index is 11.6. The summed E-state index contributed by atoms with van der Waals surface area (Å²) in [7, 11) is 0. The highest BCUT2D eigenvalue weighted by Crippen LogP contribution is 2.14. The minimum absolute atomic E-state index is 0.0718. The van der Waals surface area contributed by atoms with E-state index in [1.807, 2.05) is 38.1 Å². The lowest BCUT2D eigenvalue weighted by Gasteiger charge is -2.03. The van der Waals surface area contributed by atoms with Crippen LogP contribution in [0.5, 0.6) is 0 Å². The number of hydrogen-bond donors (Lipinski definition) is 1. The molecule has 0 radical (unpaired) electrons. The van der Waals surface area contributed by atoms with E-state index >= 15 is 0 Å². The Bertz CT molecular complexity index is 534. The molecule has 16 heavy (non-hydrogen) atoms. The Morgan fingerprint density at radius 2 is 2.19 bits per heavy atom. The maximum Gasteiger partial charge on any atom is 0.252 e. The number of pyridine rings is 1. The molecule has 0 unspecified atom stereocenters. The van der Waals surface area contributed by atoms with E-state index < -0.39 is 0 Å². The second-order valence-corrected chi connectivity index (χ2v) is 3.78. The molecule has 2 rings (SSSR count). The van der Waals surface area contributed by atoms with E-state index in [2.05, 4.69) is 10.3 Å². The van der Waals surface area contributed by atoms with Crippen molar-refractivity contribution in [2.45, 2.75) is 13.8 Å². The summed E-state index contributed by atoms with van der Waals surface area (Å²) in [4.78, 5) is 15.9. The summed E-state index contributed by atoms with van der Waals surface area (Å²) in [5, 5.41) is 3.75. The van der Waals surface area contributed by atoms with Crippen LogP contribution >= 0.6 is 0 Å². The number of carbonyl (C=O) groups excluding carboxylic acids is 1. The molecule has 3 heteroatoms. The molecule has 0 atom stereocenters. The van der Waals surface area contributed by atoms with Crippen LogP contribution in [0.25, 0.3) is 10.9 Å². The Hall–Kier alpha value is -1.90. The molecule has 0 aliphatic heterocycles. The molecule has 1 heterocycles. The quantitative estimate of drug-likeness (QED) is 0.833. The zero-order valence-corrected chi connectivity index (χ0v) is 9.45. The van der Waals surface area contributed by atoms with Crippen LogP contribution in [0, 0.1) is 6.92 Å².